The van der Waals surface area contributed by atoms with Crippen LogP contribution in [0.3, 0.4) is 0 Å². The van der Waals surface area contributed by atoms with E-state index in [1.54, 1.807) is 0 Å². The van der Waals surface area contributed by atoms with Crippen molar-refractivity contribution in [1.29, 1.82) is 0 Å². The molecule has 0 aliphatic heterocycles. The van der Waals surface area contributed by atoms with Crippen molar-refractivity contribution in [3.05, 3.63) is 15.9 Å². The van der Waals surface area contributed by atoms with Crippen molar-refractivity contribution in [2.75, 3.05) is 0 Å². The van der Waals surface area contributed by atoms with Gasteiger partial charge in [0.1, 0.15) is 0 Å². The summed E-state index contributed by atoms with van der Waals surface area (Å²) in [5.74, 6) is 0. The number of hydrogen-bond acceptors (Lipinski definition) is 1. The quantitative estimate of drug-likeness (QED) is 0.697. The third-order valence-electron chi connectivity index (χ3n) is 2.83. The van der Waals surface area contributed by atoms with E-state index in [1.807, 2.05) is 0 Å². The summed E-state index contributed by atoms with van der Waals surface area (Å²) in [5.41, 5.74) is 2.52. The van der Waals surface area contributed by atoms with E-state index in [2.05, 4.69) is 62.4 Å². The highest BCUT2D eigenvalue weighted by Gasteiger charge is 2.14. The number of halogens is 2. The van der Waals surface area contributed by atoms with Gasteiger partial charge >= 0.3 is 0 Å². The standard InChI is InChI=1S/C12H20Br2N2/c1-4-9(13)7-8-11-12(14)10(5-2)15-16(11)6-3/h9H,4-8H2,1-3H3. The Balaban J connectivity index is 2.80. The molecule has 0 aliphatic carbocycles. The van der Waals surface area contributed by atoms with Crippen LogP contribution in [0, 0.1) is 0 Å². The van der Waals surface area contributed by atoms with Gasteiger partial charge in [0.2, 0.25) is 0 Å². The molecule has 92 valence electrons. The molecule has 0 saturated carbocycles. The molecule has 1 atom stereocenters. The van der Waals surface area contributed by atoms with Gasteiger partial charge in [0.05, 0.1) is 15.9 Å². The summed E-state index contributed by atoms with van der Waals surface area (Å²) in [6.07, 6.45) is 4.43. The van der Waals surface area contributed by atoms with Gasteiger partial charge in [-0.1, -0.05) is 29.8 Å². The summed E-state index contributed by atoms with van der Waals surface area (Å²) >= 11 is 7.36. The summed E-state index contributed by atoms with van der Waals surface area (Å²) in [5, 5.41) is 4.60. The molecule has 0 radical (unpaired) electrons. The lowest BCUT2D eigenvalue weighted by Gasteiger charge is -2.08. The van der Waals surface area contributed by atoms with Gasteiger partial charge in [-0.3, -0.25) is 4.68 Å². The fourth-order valence-corrected chi connectivity index (χ4v) is 2.75. The molecule has 0 bridgehead atoms. The summed E-state index contributed by atoms with van der Waals surface area (Å²) in [7, 11) is 0. The Bertz CT molecular complexity index is 334. The van der Waals surface area contributed by atoms with E-state index in [4.69, 9.17) is 0 Å². The maximum absolute atomic E-state index is 4.60. The van der Waals surface area contributed by atoms with Crippen LogP contribution in [0.25, 0.3) is 0 Å². The van der Waals surface area contributed by atoms with Crippen molar-refractivity contribution >= 4 is 31.9 Å². The third kappa shape index (κ3) is 3.33. The minimum Gasteiger partial charge on any atom is -0.268 e. The highest BCUT2D eigenvalue weighted by atomic mass is 79.9. The van der Waals surface area contributed by atoms with E-state index >= 15 is 0 Å². The van der Waals surface area contributed by atoms with Gasteiger partial charge in [-0.2, -0.15) is 5.10 Å². The van der Waals surface area contributed by atoms with Crippen LogP contribution in [0.1, 0.15) is 45.0 Å². The van der Waals surface area contributed by atoms with Crippen LogP contribution in [0.2, 0.25) is 0 Å². The predicted octanol–water partition coefficient (Wildman–Crippen LogP) is 4.33. The van der Waals surface area contributed by atoms with Crippen molar-refractivity contribution < 1.29 is 0 Å². The zero-order chi connectivity index (χ0) is 12.1. The average molecular weight is 352 g/mol. The first-order valence-corrected chi connectivity index (χ1v) is 7.72. The molecular formula is C12H20Br2N2. The lowest BCUT2D eigenvalue weighted by molar-refractivity contribution is 0.598. The number of hydrogen-bond donors (Lipinski definition) is 0. The van der Waals surface area contributed by atoms with Crippen LogP contribution in [-0.4, -0.2) is 14.6 Å². The maximum Gasteiger partial charge on any atom is 0.0766 e. The summed E-state index contributed by atoms with van der Waals surface area (Å²) < 4.78 is 3.34. The van der Waals surface area contributed by atoms with E-state index in [1.165, 1.54) is 28.7 Å². The van der Waals surface area contributed by atoms with E-state index in [0.717, 1.165) is 19.4 Å². The number of alkyl halides is 1. The number of aryl methyl sites for hydroxylation is 2. The maximum atomic E-state index is 4.60. The molecule has 16 heavy (non-hydrogen) atoms. The molecular weight excluding hydrogens is 332 g/mol. The Hall–Kier alpha value is 0.170. The van der Waals surface area contributed by atoms with Crippen LogP contribution in [0.15, 0.2) is 4.47 Å². The first-order valence-electron chi connectivity index (χ1n) is 6.02. The monoisotopic (exact) mass is 350 g/mol. The molecule has 1 aromatic rings. The van der Waals surface area contributed by atoms with E-state index in [9.17, 15) is 0 Å². The molecule has 2 nitrogen and oxygen atoms in total. The van der Waals surface area contributed by atoms with Crippen molar-refractivity contribution in [3.8, 4) is 0 Å². The Morgan fingerprint density at radius 1 is 1.31 bits per heavy atom. The fourth-order valence-electron chi connectivity index (χ4n) is 1.75. The van der Waals surface area contributed by atoms with E-state index < -0.39 is 0 Å². The zero-order valence-corrected chi connectivity index (χ0v) is 13.4. The van der Waals surface area contributed by atoms with Crippen LogP contribution in [0.5, 0.6) is 0 Å². The number of aromatic nitrogens is 2. The van der Waals surface area contributed by atoms with Gasteiger partial charge < -0.3 is 0 Å². The lowest BCUT2D eigenvalue weighted by Crippen LogP contribution is -2.06. The van der Waals surface area contributed by atoms with E-state index in [-0.39, 0.29) is 0 Å². The molecule has 0 spiro atoms. The average Bonchev–Trinajstić information content (AvgIpc) is 2.62. The smallest absolute Gasteiger partial charge is 0.0766 e. The van der Waals surface area contributed by atoms with Crippen molar-refractivity contribution in [2.45, 2.75) is 57.8 Å². The second-order valence-corrected chi connectivity index (χ2v) is 6.01. The highest BCUT2D eigenvalue weighted by molar-refractivity contribution is 9.10. The van der Waals surface area contributed by atoms with Gasteiger partial charge in [-0.05, 0) is 48.5 Å². The Labute approximate surface area is 115 Å². The zero-order valence-electron chi connectivity index (χ0n) is 10.3. The third-order valence-corrected chi connectivity index (χ3v) is 4.85. The molecule has 1 unspecified atom stereocenters. The lowest BCUT2D eigenvalue weighted by atomic mass is 10.1. The van der Waals surface area contributed by atoms with Gasteiger partial charge in [0.25, 0.3) is 0 Å². The van der Waals surface area contributed by atoms with Gasteiger partial charge in [0, 0.05) is 11.4 Å². The molecule has 0 fully saturated rings. The largest absolute Gasteiger partial charge is 0.268 e. The molecule has 4 heteroatoms. The summed E-state index contributed by atoms with van der Waals surface area (Å²) in [6.45, 7) is 7.46. The normalized spacial score (nSPS) is 13.1. The predicted molar refractivity (Wildman–Crippen MR) is 76.3 cm³/mol. The molecule has 0 N–H and O–H groups in total. The highest BCUT2D eigenvalue weighted by Crippen LogP contribution is 2.25. The minimum atomic E-state index is 0.615. The first-order chi connectivity index (χ1) is 7.63. The minimum absolute atomic E-state index is 0.615. The second-order valence-electron chi connectivity index (χ2n) is 3.92. The molecule has 0 aliphatic rings. The SMILES string of the molecule is CCc1nn(CC)c(CCC(Br)CC)c1Br. The van der Waals surface area contributed by atoms with Crippen LogP contribution >= 0.6 is 31.9 Å². The van der Waals surface area contributed by atoms with Gasteiger partial charge in [0.15, 0.2) is 0 Å². The van der Waals surface area contributed by atoms with Crippen LogP contribution in [-0.2, 0) is 19.4 Å². The molecule has 0 saturated heterocycles. The number of nitrogens with zero attached hydrogens (tertiary/aromatic N) is 2. The van der Waals surface area contributed by atoms with Gasteiger partial charge in [-0.15, -0.1) is 0 Å². The van der Waals surface area contributed by atoms with Crippen molar-refractivity contribution in [3.63, 3.8) is 0 Å². The second kappa shape index (κ2) is 6.80. The molecule has 0 amide bonds. The van der Waals surface area contributed by atoms with Crippen molar-refractivity contribution in [1.82, 2.24) is 9.78 Å². The Morgan fingerprint density at radius 2 is 2.00 bits per heavy atom. The van der Waals surface area contributed by atoms with Crippen molar-refractivity contribution in [2.24, 2.45) is 0 Å². The number of rotatable bonds is 6. The molecule has 0 aromatic carbocycles. The molecule has 1 heterocycles. The fraction of sp³-hybridized carbons (Fsp3) is 0.750. The molecule has 1 aromatic heterocycles. The Morgan fingerprint density at radius 3 is 2.50 bits per heavy atom. The van der Waals surface area contributed by atoms with Crippen LogP contribution in [0.4, 0.5) is 0 Å². The summed E-state index contributed by atoms with van der Waals surface area (Å²) in [6, 6.07) is 0. The first kappa shape index (κ1) is 14.2. The Kier molecular flexibility index (Phi) is 6.05. The van der Waals surface area contributed by atoms with Crippen LogP contribution < -0.4 is 0 Å². The van der Waals surface area contributed by atoms with E-state index in [0.29, 0.717) is 4.83 Å². The summed E-state index contributed by atoms with van der Waals surface area (Å²) in [4.78, 5) is 0.615. The molecule has 1 rings (SSSR count). The van der Waals surface area contributed by atoms with Gasteiger partial charge in [-0.25, -0.2) is 0 Å². The topological polar surface area (TPSA) is 17.8 Å².